The van der Waals surface area contributed by atoms with Crippen LogP contribution in [0.25, 0.3) is 0 Å². The average molecular weight is 368 g/mol. The third kappa shape index (κ3) is 5.25. The lowest BCUT2D eigenvalue weighted by atomic mass is 10.2. The van der Waals surface area contributed by atoms with Gasteiger partial charge in [-0.2, -0.15) is 0 Å². The van der Waals surface area contributed by atoms with Crippen LogP contribution in [-0.2, 0) is 13.1 Å². The van der Waals surface area contributed by atoms with Crippen molar-refractivity contribution >= 4 is 11.6 Å². The van der Waals surface area contributed by atoms with Gasteiger partial charge in [0.1, 0.15) is 17.2 Å². The molecular formula is C22H22ClNO2. The Morgan fingerprint density at radius 2 is 1.65 bits per heavy atom. The first-order valence-corrected chi connectivity index (χ1v) is 9.06. The summed E-state index contributed by atoms with van der Waals surface area (Å²) >= 11 is 5.91. The van der Waals surface area contributed by atoms with Crippen molar-refractivity contribution in [3.05, 3.63) is 88.9 Å². The Bertz CT molecular complexity index is 834. The van der Waals surface area contributed by atoms with E-state index in [0.29, 0.717) is 11.6 Å². The van der Waals surface area contributed by atoms with Crippen molar-refractivity contribution < 1.29 is 9.47 Å². The van der Waals surface area contributed by atoms with Crippen molar-refractivity contribution in [2.45, 2.75) is 20.0 Å². The van der Waals surface area contributed by atoms with E-state index in [4.69, 9.17) is 21.1 Å². The molecule has 1 N–H and O–H groups in total. The van der Waals surface area contributed by atoms with Crippen molar-refractivity contribution in [3.8, 4) is 17.2 Å². The molecule has 0 radical (unpaired) electrons. The first kappa shape index (κ1) is 18.3. The molecule has 3 rings (SSSR count). The Labute approximate surface area is 159 Å². The topological polar surface area (TPSA) is 30.5 Å². The van der Waals surface area contributed by atoms with Crippen molar-refractivity contribution in [1.29, 1.82) is 0 Å². The Balaban J connectivity index is 1.58. The number of rotatable bonds is 8. The normalized spacial score (nSPS) is 10.5. The van der Waals surface area contributed by atoms with E-state index in [1.165, 1.54) is 0 Å². The molecule has 0 aliphatic carbocycles. The molecule has 0 saturated carbocycles. The minimum atomic E-state index is 0.668. The predicted octanol–water partition coefficient (Wildman–Crippen LogP) is 5.82. The minimum Gasteiger partial charge on any atom is -0.494 e. The number of benzene rings is 3. The molecule has 0 aliphatic rings. The molecule has 3 nitrogen and oxygen atoms in total. The van der Waals surface area contributed by atoms with Crippen LogP contribution >= 0.6 is 11.6 Å². The molecule has 0 atom stereocenters. The first-order chi connectivity index (χ1) is 12.7. The van der Waals surface area contributed by atoms with Crippen molar-refractivity contribution in [2.24, 2.45) is 0 Å². The highest BCUT2D eigenvalue weighted by Gasteiger charge is 2.03. The maximum Gasteiger partial charge on any atom is 0.127 e. The number of para-hydroxylation sites is 1. The van der Waals surface area contributed by atoms with Gasteiger partial charge in [-0.15, -0.1) is 0 Å². The Kier molecular flexibility index (Phi) is 6.53. The van der Waals surface area contributed by atoms with Crippen LogP contribution in [0.15, 0.2) is 72.8 Å². The van der Waals surface area contributed by atoms with E-state index < -0.39 is 0 Å². The summed E-state index contributed by atoms with van der Waals surface area (Å²) in [6.45, 7) is 4.16. The number of hydrogen-bond acceptors (Lipinski definition) is 3. The molecule has 0 heterocycles. The summed E-state index contributed by atoms with van der Waals surface area (Å²) in [7, 11) is 0. The second-order valence-electron chi connectivity index (χ2n) is 5.85. The summed E-state index contributed by atoms with van der Waals surface area (Å²) in [5, 5.41) is 4.16. The molecule has 134 valence electrons. The molecule has 26 heavy (non-hydrogen) atoms. The molecule has 0 amide bonds. The third-order valence-corrected chi connectivity index (χ3v) is 4.12. The molecule has 0 fully saturated rings. The molecule has 3 aromatic rings. The van der Waals surface area contributed by atoms with Gasteiger partial charge >= 0.3 is 0 Å². The molecule has 0 saturated heterocycles. The standard InChI is InChI=1S/C22H22ClNO2/c1-2-25-22-9-4-3-7-18(22)16-24-15-17-6-5-8-21(14-17)26-20-12-10-19(23)11-13-20/h3-14,24H,2,15-16H2,1H3. The molecule has 0 aromatic heterocycles. The van der Waals surface area contributed by atoms with Gasteiger partial charge in [0.15, 0.2) is 0 Å². The number of nitrogens with one attached hydrogen (secondary N) is 1. The van der Waals surface area contributed by atoms with E-state index in [-0.39, 0.29) is 0 Å². The minimum absolute atomic E-state index is 0.668. The Hall–Kier alpha value is -2.49. The number of hydrogen-bond donors (Lipinski definition) is 1. The van der Waals surface area contributed by atoms with Crippen LogP contribution in [0.2, 0.25) is 5.02 Å². The van der Waals surface area contributed by atoms with Crippen LogP contribution in [0, 0.1) is 0 Å². The molecule has 3 aromatic carbocycles. The molecule has 0 aliphatic heterocycles. The maximum absolute atomic E-state index is 5.91. The van der Waals surface area contributed by atoms with Gasteiger partial charge in [-0.05, 0) is 55.0 Å². The van der Waals surface area contributed by atoms with Crippen LogP contribution in [0.4, 0.5) is 0 Å². The largest absolute Gasteiger partial charge is 0.494 e. The fourth-order valence-electron chi connectivity index (χ4n) is 2.65. The van der Waals surface area contributed by atoms with Crippen LogP contribution < -0.4 is 14.8 Å². The summed E-state index contributed by atoms with van der Waals surface area (Å²) < 4.78 is 11.5. The monoisotopic (exact) mass is 367 g/mol. The smallest absolute Gasteiger partial charge is 0.127 e. The van der Waals surface area contributed by atoms with Crippen molar-refractivity contribution in [2.75, 3.05) is 6.61 Å². The zero-order chi connectivity index (χ0) is 18.2. The van der Waals surface area contributed by atoms with E-state index in [2.05, 4.69) is 17.4 Å². The summed E-state index contributed by atoms with van der Waals surface area (Å²) in [4.78, 5) is 0. The second kappa shape index (κ2) is 9.27. The van der Waals surface area contributed by atoms with E-state index >= 15 is 0 Å². The van der Waals surface area contributed by atoms with Gasteiger partial charge < -0.3 is 14.8 Å². The van der Waals surface area contributed by atoms with Crippen LogP contribution in [0.3, 0.4) is 0 Å². The predicted molar refractivity (Wildman–Crippen MR) is 106 cm³/mol. The fraction of sp³-hybridized carbons (Fsp3) is 0.182. The van der Waals surface area contributed by atoms with E-state index in [0.717, 1.165) is 41.5 Å². The number of halogens is 1. The summed E-state index contributed by atoms with van der Waals surface area (Å²) in [6.07, 6.45) is 0. The van der Waals surface area contributed by atoms with Crippen LogP contribution in [0.1, 0.15) is 18.1 Å². The fourth-order valence-corrected chi connectivity index (χ4v) is 2.77. The summed E-state index contributed by atoms with van der Waals surface area (Å²) in [6, 6.07) is 23.5. The highest BCUT2D eigenvalue weighted by Crippen LogP contribution is 2.24. The lowest BCUT2D eigenvalue weighted by Crippen LogP contribution is -2.13. The number of ether oxygens (including phenoxy) is 2. The molecule has 4 heteroatoms. The lowest BCUT2D eigenvalue weighted by Gasteiger charge is -2.12. The summed E-state index contributed by atoms with van der Waals surface area (Å²) in [5.41, 5.74) is 2.31. The first-order valence-electron chi connectivity index (χ1n) is 8.68. The molecule has 0 spiro atoms. The molecule has 0 unspecified atom stereocenters. The quantitative estimate of drug-likeness (QED) is 0.544. The van der Waals surface area contributed by atoms with Crippen LogP contribution in [-0.4, -0.2) is 6.61 Å². The van der Waals surface area contributed by atoms with E-state index in [9.17, 15) is 0 Å². The van der Waals surface area contributed by atoms with Crippen LogP contribution in [0.5, 0.6) is 17.2 Å². The zero-order valence-corrected chi connectivity index (χ0v) is 15.5. The SMILES string of the molecule is CCOc1ccccc1CNCc1cccc(Oc2ccc(Cl)cc2)c1. The highest BCUT2D eigenvalue weighted by atomic mass is 35.5. The second-order valence-corrected chi connectivity index (χ2v) is 6.28. The van der Waals surface area contributed by atoms with Crippen molar-refractivity contribution in [3.63, 3.8) is 0 Å². The van der Waals surface area contributed by atoms with Gasteiger partial charge in [-0.1, -0.05) is 41.9 Å². The zero-order valence-electron chi connectivity index (χ0n) is 14.7. The van der Waals surface area contributed by atoms with Gasteiger partial charge in [0.05, 0.1) is 6.61 Å². The van der Waals surface area contributed by atoms with Crippen molar-refractivity contribution in [1.82, 2.24) is 5.32 Å². The third-order valence-electron chi connectivity index (χ3n) is 3.86. The van der Waals surface area contributed by atoms with Gasteiger partial charge in [0.25, 0.3) is 0 Å². The Morgan fingerprint density at radius 3 is 2.46 bits per heavy atom. The molecular weight excluding hydrogens is 346 g/mol. The average Bonchev–Trinajstić information content (AvgIpc) is 2.66. The van der Waals surface area contributed by atoms with Gasteiger partial charge in [-0.3, -0.25) is 0 Å². The maximum atomic E-state index is 5.91. The molecule has 0 bridgehead atoms. The van der Waals surface area contributed by atoms with E-state index in [1.807, 2.05) is 67.6 Å². The lowest BCUT2D eigenvalue weighted by molar-refractivity contribution is 0.335. The Morgan fingerprint density at radius 1 is 0.846 bits per heavy atom. The van der Waals surface area contributed by atoms with E-state index in [1.54, 1.807) is 0 Å². The van der Waals surface area contributed by atoms with Gasteiger partial charge in [0.2, 0.25) is 0 Å². The summed E-state index contributed by atoms with van der Waals surface area (Å²) in [5.74, 6) is 2.51. The van der Waals surface area contributed by atoms with Gasteiger partial charge in [0, 0.05) is 23.7 Å². The van der Waals surface area contributed by atoms with Gasteiger partial charge in [-0.25, -0.2) is 0 Å². The highest BCUT2D eigenvalue weighted by molar-refractivity contribution is 6.30.